The van der Waals surface area contributed by atoms with Crippen LogP contribution in [0.5, 0.6) is 17.2 Å². The third-order valence-electron chi connectivity index (χ3n) is 2.99. The van der Waals surface area contributed by atoms with Crippen molar-refractivity contribution in [3.63, 3.8) is 0 Å². The molecule has 6 nitrogen and oxygen atoms in total. The third kappa shape index (κ3) is 3.99. The Bertz CT molecular complexity index is 661. The summed E-state index contributed by atoms with van der Waals surface area (Å²) in [6, 6.07) is 12.0. The van der Waals surface area contributed by atoms with Crippen molar-refractivity contribution in [1.29, 1.82) is 0 Å². The molecule has 0 saturated heterocycles. The van der Waals surface area contributed by atoms with Crippen LogP contribution in [0.2, 0.25) is 0 Å². The molecular formula is C16H16N2O4. The van der Waals surface area contributed by atoms with Gasteiger partial charge in [-0.3, -0.25) is 4.79 Å². The van der Waals surface area contributed by atoms with Crippen molar-refractivity contribution >= 4 is 12.1 Å². The molecule has 0 saturated carbocycles. The molecule has 0 radical (unpaired) electrons. The summed E-state index contributed by atoms with van der Waals surface area (Å²) >= 11 is 0. The second-order valence-electron chi connectivity index (χ2n) is 4.64. The minimum absolute atomic E-state index is 0.00647. The predicted octanol–water partition coefficient (Wildman–Crippen LogP) is 2.15. The maximum atomic E-state index is 11.8. The van der Waals surface area contributed by atoms with Crippen LogP contribution < -0.4 is 5.43 Å². The van der Waals surface area contributed by atoms with Crippen molar-refractivity contribution in [2.75, 3.05) is 0 Å². The number of phenolic OH excluding ortho intramolecular Hbond substituents is 3. The van der Waals surface area contributed by atoms with Gasteiger partial charge in [0, 0.05) is 11.8 Å². The minimum atomic E-state index is -0.664. The molecule has 0 atom stereocenters. The van der Waals surface area contributed by atoms with E-state index in [2.05, 4.69) is 10.5 Å². The number of hydrogen-bond acceptors (Lipinski definition) is 5. The smallest absolute Gasteiger partial charge is 0.271 e. The molecule has 0 aliphatic rings. The van der Waals surface area contributed by atoms with Gasteiger partial charge in [0.1, 0.15) is 0 Å². The summed E-state index contributed by atoms with van der Waals surface area (Å²) in [6.45, 7) is 0. The van der Waals surface area contributed by atoms with Crippen LogP contribution in [0.4, 0.5) is 0 Å². The van der Waals surface area contributed by atoms with E-state index in [-0.39, 0.29) is 5.56 Å². The fraction of sp³-hybridized carbons (Fsp3) is 0.125. The predicted molar refractivity (Wildman–Crippen MR) is 82.2 cm³/mol. The van der Waals surface area contributed by atoms with E-state index >= 15 is 0 Å². The van der Waals surface area contributed by atoms with Gasteiger partial charge in [0.15, 0.2) is 17.2 Å². The number of aromatic hydroxyl groups is 3. The Hall–Kier alpha value is -3.02. The van der Waals surface area contributed by atoms with E-state index in [9.17, 15) is 20.1 Å². The molecule has 0 bridgehead atoms. The van der Waals surface area contributed by atoms with Crippen molar-refractivity contribution < 1.29 is 20.1 Å². The SMILES string of the molecule is O=C(N/N=C/CCc1ccccc1)c1cc(O)c(O)c(O)c1. The lowest BCUT2D eigenvalue weighted by Crippen LogP contribution is -2.17. The molecule has 1 amide bonds. The zero-order chi connectivity index (χ0) is 15.9. The van der Waals surface area contributed by atoms with Crippen LogP contribution in [-0.4, -0.2) is 27.4 Å². The molecule has 6 heteroatoms. The van der Waals surface area contributed by atoms with Gasteiger partial charge in [0.2, 0.25) is 0 Å². The average molecular weight is 300 g/mol. The van der Waals surface area contributed by atoms with Gasteiger partial charge < -0.3 is 15.3 Å². The second kappa shape index (κ2) is 7.12. The lowest BCUT2D eigenvalue weighted by atomic mass is 10.1. The molecule has 0 fully saturated rings. The molecule has 2 rings (SSSR count). The molecule has 22 heavy (non-hydrogen) atoms. The summed E-state index contributed by atoms with van der Waals surface area (Å²) in [4.78, 5) is 11.8. The van der Waals surface area contributed by atoms with E-state index in [0.717, 1.165) is 18.6 Å². The number of carbonyl (C=O) groups is 1. The zero-order valence-corrected chi connectivity index (χ0v) is 11.7. The van der Waals surface area contributed by atoms with E-state index in [4.69, 9.17) is 0 Å². The molecule has 0 aliphatic carbocycles. The highest BCUT2D eigenvalue weighted by atomic mass is 16.3. The van der Waals surface area contributed by atoms with Gasteiger partial charge in [-0.1, -0.05) is 30.3 Å². The van der Waals surface area contributed by atoms with Gasteiger partial charge in [0.25, 0.3) is 5.91 Å². The van der Waals surface area contributed by atoms with Gasteiger partial charge in [-0.15, -0.1) is 0 Å². The van der Waals surface area contributed by atoms with Crippen molar-refractivity contribution in [2.45, 2.75) is 12.8 Å². The van der Waals surface area contributed by atoms with Gasteiger partial charge >= 0.3 is 0 Å². The topological polar surface area (TPSA) is 102 Å². The first-order valence-corrected chi connectivity index (χ1v) is 6.68. The highest BCUT2D eigenvalue weighted by Gasteiger charge is 2.12. The standard InChI is InChI=1S/C16H16N2O4/c19-13-9-12(10-14(20)15(13)21)16(22)18-17-8-4-7-11-5-2-1-3-6-11/h1-3,5-6,8-10,19-21H,4,7H2,(H,18,22)/b17-8+. The largest absolute Gasteiger partial charge is 0.504 e. The van der Waals surface area contributed by atoms with Gasteiger partial charge in [-0.25, -0.2) is 5.43 Å². The zero-order valence-electron chi connectivity index (χ0n) is 11.7. The molecule has 2 aromatic carbocycles. The molecular weight excluding hydrogens is 284 g/mol. The van der Waals surface area contributed by atoms with Crippen LogP contribution >= 0.6 is 0 Å². The molecule has 0 aliphatic heterocycles. The summed E-state index contributed by atoms with van der Waals surface area (Å²) in [6.07, 6.45) is 3.04. The van der Waals surface area contributed by atoms with Crippen molar-refractivity contribution in [3.05, 3.63) is 53.6 Å². The molecule has 2 aromatic rings. The van der Waals surface area contributed by atoms with Crippen LogP contribution in [0.3, 0.4) is 0 Å². The maximum Gasteiger partial charge on any atom is 0.271 e. The second-order valence-corrected chi connectivity index (χ2v) is 4.64. The van der Waals surface area contributed by atoms with E-state index in [1.165, 1.54) is 5.56 Å². The fourth-order valence-electron chi connectivity index (χ4n) is 1.84. The summed E-state index contributed by atoms with van der Waals surface area (Å²) in [5.74, 6) is -2.40. The molecule has 0 heterocycles. The van der Waals surface area contributed by atoms with Crippen molar-refractivity contribution in [3.8, 4) is 17.2 Å². The maximum absolute atomic E-state index is 11.8. The van der Waals surface area contributed by atoms with Crippen molar-refractivity contribution in [2.24, 2.45) is 5.10 Å². The number of nitrogens with zero attached hydrogens (tertiary/aromatic N) is 1. The lowest BCUT2D eigenvalue weighted by molar-refractivity contribution is 0.0954. The Balaban J connectivity index is 1.86. The van der Waals surface area contributed by atoms with E-state index < -0.39 is 23.2 Å². The first-order chi connectivity index (χ1) is 10.6. The summed E-state index contributed by atoms with van der Waals surface area (Å²) in [5.41, 5.74) is 3.45. The number of hydrogen-bond donors (Lipinski definition) is 4. The molecule has 0 spiro atoms. The Morgan fingerprint density at radius 2 is 1.73 bits per heavy atom. The quantitative estimate of drug-likeness (QED) is 0.386. The summed E-state index contributed by atoms with van der Waals surface area (Å²) in [5, 5.41) is 31.7. The molecule has 114 valence electrons. The number of aryl methyl sites for hydroxylation is 1. The van der Waals surface area contributed by atoms with Crippen molar-refractivity contribution in [1.82, 2.24) is 5.43 Å². The Morgan fingerprint density at radius 1 is 1.09 bits per heavy atom. The number of hydrazone groups is 1. The first kappa shape index (κ1) is 15.4. The van der Waals surface area contributed by atoms with Gasteiger partial charge in [0.05, 0.1) is 0 Å². The molecule has 0 aromatic heterocycles. The number of amides is 1. The number of carbonyl (C=O) groups excluding carboxylic acids is 1. The number of nitrogens with one attached hydrogen (secondary N) is 1. The highest BCUT2D eigenvalue weighted by molar-refractivity contribution is 5.95. The van der Waals surface area contributed by atoms with E-state index in [1.54, 1.807) is 6.21 Å². The summed E-state index contributed by atoms with van der Waals surface area (Å²) in [7, 11) is 0. The monoisotopic (exact) mass is 300 g/mol. The van der Waals surface area contributed by atoms with E-state index in [0.29, 0.717) is 6.42 Å². The number of benzene rings is 2. The molecule has 0 unspecified atom stereocenters. The van der Waals surface area contributed by atoms with Gasteiger partial charge in [-0.2, -0.15) is 5.10 Å². The number of phenols is 3. The van der Waals surface area contributed by atoms with Crippen LogP contribution in [0.1, 0.15) is 22.3 Å². The first-order valence-electron chi connectivity index (χ1n) is 6.68. The number of rotatable bonds is 5. The van der Waals surface area contributed by atoms with E-state index in [1.807, 2.05) is 30.3 Å². The normalized spacial score (nSPS) is 10.7. The average Bonchev–Trinajstić information content (AvgIpc) is 2.52. The fourth-order valence-corrected chi connectivity index (χ4v) is 1.84. The van der Waals surface area contributed by atoms with Crippen LogP contribution in [0.15, 0.2) is 47.6 Å². The minimum Gasteiger partial charge on any atom is -0.504 e. The third-order valence-corrected chi connectivity index (χ3v) is 2.99. The van der Waals surface area contributed by atoms with Crippen LogP contribution in [-0.2, 0) is 6.42 Å². The lowest BCUT2D eigenvalue weighted by Gasteiger charge is -2.04. The molecule has 4 N–H and O–H groups in total. The Labute approximate surface area is 127 Å². The highest BCUT2D eigenvalue weighted by Crippen LogP contribution is 2.35. The van der Waals surface area contributed by atoms with Crippen LogP contribution in [0, 0.1) is 0 Å². The summed E-state index contributed by atoms with van der Waals surface area (Å²) < 4.78 is 0. The van der Waals surface area contributed by atoms with Gasteiger partial charge in [-0.05, 0) is 30.5 Å². The Morgan fingerprint density at radius 3 is 2.36 bits per heavy atom. The Kier molecular flexibility index (Phi) is 4.98. The van der Waals surface area contributed by atoms with Crippen LogP contribution in [0.25, 0.3) is 0 Å².